The van der Waals surface area contributed by atoms with Crippen molar-refractivity contribution in [2.75, 3.05) is 18.9 Å². The molecule has 0 radical (unpaired) electrons. The number of benzene rings is 1. The van der Waals surface area contributed by atoms with Gasteiger partial charge >= 0.3 is 0 Å². The number of thiophene rings is 1. The van der Waals surface area contributed by atoms with Crippen LogP contribution in [0.3, 0.4) is 0 Å². The Bertz CT molecular complexity index is 732. The molecule has 0 bridgehead atoms. The van der Waals surface area contributed by atoms with Crippen LogP contribution in [0.2, 0.25) is 0 Å². The number of amides is 2. The Morgan fingerprint density at radius 3 is 2.30 bits per heavy atom. The molecule has 122 valence electrons. The molecule has 6 heteroatoms. The number of anilines is 1. The molecule has 0 spiro atoms. The quantitative estimate of drug-likeness (QED) is 0.846. The van der Waals surface area contributed by atoms with Gasteiger partial charge in [-0.2, -0.15) is 0 Å². The van der Waals surface area contributed by atoms with Crippen LogP contribution in [0.25, 0.3) is 0 Å². The molecule has 1 aromatic heterocycles. The largest absolute Gasteiger partial charge is 0.332 e. The molecule has 4 nitrogen and oxygen atoms in total. The fourth-order valence-electron chi connectivity index (χ4n) is 2.49. The number of likely N-dealkylation sites (N-methyl/N-ethyl adjacent to an activating group) is 1. The summed E-state index contributed by atoms with van der Waals surface area (Å²) in [6.07, 6.45) is 0. The molecule has 0 fully saturated rings. The van der Waals surface area contributed by atoms with Crippen LogP contribution in [-0.4, -0.2) is 30.3 Å². The first kappa shape index (κ1) is 17.7. The first-order chi connectivity index (χ1) is 10.8. The highest BCUT2D eigenvalue weighted by atomic mass is 79.9. The summed E-state index contributed by atoms with van der Waals surface area (Å²) >= 11 is 4.78. The number of nitrogens with zero attached hydrogens (tertiary/aromatic N) is 1. The molecule has 23 heavy (non-hydrogen) atoms. The maximum Gasteiger partial charge on any atom is 0.254 e. The van der Waals surface area contributed by atoms with Crippen molar-refractivity contribution in [3.63, 3.8) is 0 Å². The van der Waals surface area contributed by atoms with Gasteiger partial charge in [0.1, 0.15) is 0 Å². The summed E-state index contributed by atoms with van der Waals surface area (Å²) in [7, 11) is 1.63. The van der Waals surface area contributed by atoms with Crippen molar-refractivity contribution < 1.29 is 9.59 Å². The molecule has 0 unspecified atom stereocenters. The number of carbonyl (C=O) groups is 2. The van der Waals surface area contributed by atoms with E-state index in [9.17, 15) is 9.59 Å². The standard InChI is InChI=1S/C17H19BrN2O2S/c1-10-5-11(2)16(12(3)6-10)19-15(21)8-20(4)17(22)13-7-14(18)23-9-13/h5-7,9H,8H2,1-4H3,(H,19,21). The lowest BCUT2D eigenvalue weighted by Crippen LogP contribution is -2.35. The Morgan fingerprint density at radius 1 is 1.17 bits per heavy atom. The van der Waals surface area contributed by atoms with E-state index in [1.807, 2.05) is 32.9 Å². The summed E-state index contributed by atoms with van der Waals surface area (Å²) in [5.41, 5.74) is 4.60. The molecule has 0 aliphatic rings. The van der Waals surface area contributed by atoms with E-state index in [0.29, 0.717) is 5.56 Å². The second kappa shape index (κ2) is 7.27. The molecule has 1 heterocycles. The van der Waals surface area contributed by atoms with E-state index >= 15 is 0 Å². The molecular weight excluding hydrogens is 376 g/mol. The number of carbonyl (C=O) groups excluding carboxylic acids is 2. The van der Waals surface area contributed by atoms with E-state index in [1.165, 1.54) is 16.2 Å². The SMILES string of the molecule is Cc1cc(C)c(NC(=O)CN(C)C(=O)c2csc(Br)c2)c(C)c1. The Hall–Kier alpha value is -1.66. The van der Waals surface area contributed by atoms with Crippen molar-refractivity contribution in [3.8, 4) is 0 Å². The van der Waals surface area contributed by atoms with Crippen LogP contribution >= 0.6 is 27.3 Å². The highest BCUT2D eigenvalue weighted by Crippen LogP contribution is 2.23. The molecule has 1 N–H and O–H groups in total. The second-order valence-corrected chi connectivity index (χ2v) is 7.91. The van der Waals surface area contributed by atoms with Gasteiger partial charge in [0, 0.05) is 18.1 Å². The zero-order chi connectivity index (χ0) is 17.1. The van der Waals surface area contributed by atoms with Gasteiger partial charge < -0.3 is 10.2 Å². The number of halogens is 1. The summed E-state index contributed by atoms with van der Waals surface area (Å²) in [6.45, 7) is 5.97. The molecule has 0 atom stereocenters. The predicted molar refractivity (Wildman–Crippen MR) is 98.3 cm³/mol. The van der Waals surface area contributed by atoms with E-state index in [-0.39, 0.29) is 18.4 Å². The Morgan fingerprint density at radius 2 is 1.78 bits per heavy atom. The van der Waals surface area contributed by atoms with E-state index in [2.05, 4.69) is 21.2 Å². The molecular formula is C17H19BrN2O2S. The third-order valence-corrected chi connectivity index (χ3v) is 4.99. The monoisotopic (exact) mass is 394 g/mol. The lowest BCUT2D eigenvalue weighted by atomic mass is 10.1. The summed E-state index contributed by atoms with van der Waals surface area (Å²) in [4.78, 5) is 25.9. The third kappa shape index (κ3) is 4.42. The van der Waals surface area contributed by atoms with Gasteiger partial charge in [0.2, 0.25) is 5.91 Å². The highest BCUT2D eigenvalue weighted by Gasteiger charge is 2.17. The number of hydrogen-bond donors (Lipinski definition) is 1. The van der Waals surface area contributed by atoms with Gasteiger partial charge in [-0.25, -0.2) is 0 Å². The van der Waals surface area contributed by atoms with Crippen molar-refractivity contribution in [1.82, 2.24) is 4.90 Å². The molecule has 0 saturated heterocycles. The van der Waals surface area contributed by atoms with Crippen LogP contribution in [0.4, 0.5) is 5.69 Å². The van der Waals surface area contributed by atoms with Crippen LogP contribution in [-0.2, 0) is 4.79 Å². The van der Waals surface area contributed by atoms with Crippen molar-refractivity contribution >= 4 is 44.8 Å². The first-order valence-corrected chi connectivity index (χ1v) is 8.82. The smallest absolute Gasteiger partial charge is 0.254 e. The maximum atomic E-state index is 12.3. The molecule has 0 aliphatic carbocycles. The third-order valence-electron chi connectivity index (χ3n) is 3.48. The average Bonchev–Trinajstić information content (AvgIpc) is 2.88. The van der Waals surface area contributed by atoms with E-state index in [4.69, 9.17) is 0 Å². The van der Waals surface area contributed by atoms with Gasteiger partial charge in [-0.15, -0.1) is 11.3 Å². The fourth-order valence-corrected chi connectivity index (χ4v) is 3.62. The minimum absolute atomic E-state index is 0.0130. The minimum Gasteiger partial charge on any atom is -0.332 e. The zero-order valence-corrected chi connectivity index (χ0v) is 16.0. The number of aryl methyl sites for hydroxylation is 3. The molecule has 2 amide bonds. The van der Waals surface area contributed by atoms with Crippen LogP contribution in [0.1, 0.15) is 27.0 Å². The Balaban J connectivity index is 2.03. The predicted octanol–water partition coefficient (Wildman–Crippen LogP) is 4.15. The fraction of sp³-hybridized carbons (Fsp3) is 0.294. The average molecular weight is 395 g/mol. The summed E-state index contributed by atoms with van der Waals surface area (Å²) < 4.78 is 0.893. The second-order valence-electron chi connectivity index (χ2n) is 5.62. The van der Waals surface area contributed by atoms with Crippen molar-refractivity contribution in [2.45, 2.75) is 20.8 Å². The van der Waals surface area contributed by atoms with E-state index in [1.54, 1.807) is 18.5 Å². The van der Waals surface area contributed by atoms with Gasteiger partial charge in [0.25, 0.3) is 5.91 Å². The van der Waals surface area contributed by atoms with Crippen molar-refractivity contribution in [2.24, 2.45) is 0 Å². The Labute approximate surface area is 148 Å². The maximum absolute atomic E-state index is 12.3. The molecule has 2 aromatic rings. The number of rotatable bonds is 4. The summed E-state index contributed by atoms with van der Waals surface area (Å²) in [5.74, 6) is -0.371. The van der Waals surface area contributed by atoms with Gasteiger partial charge in [-0.1, -0.05) is 17.7 Å². The lowest BCUT2D eigenvalue weighted by Gasteiger charge is -2.18. The lowest BCUT2D eigenvalue weighted by molar-refractivity contribution is -0.116. The van der Waals surface area contributed by atoms with Crippen LogP contribution in [0.5, 0.6) is 0 Å². The molecule has 0 aliphatic heterocycles. The van der Waals surface area contributed by atoms with Crippen LogP contribution in [0, 0.1) is 20.8 Å². The summed E-state index contributed by atoms with van der Waals surface area (Å²) in [5, 5.41) is 4.68. The van der Waals surface area contributed by atoms with Gasteiger partial charge in [-0.3, -0.25) is 9.59 Å². The van der Waals surface area contributed by atoms with Crippen LogP contribution in [0.15, 0.2) is 27.4 Å². The Kier molecular flexibility index (Phi) is 5.59. The van der Waals surface area contributed by atoms with E-state index < -0.39 is 0 Å². The van der Waals surface area contributed by atoms with E-state index in [0.717, 1.165) is 26.2 Å². The molecule has 2 rings (SSSR count). The minimum atomic E-state index is -0.204. The van der Waals surface area contributed by atoms with Gasteiger partial charge in [-0.05, 0) is 53.9 Å². The number of nitrogens with one attached hydrogen (secondary N) is 1. The molecule has 0 saturated carbocycles. The topological polar surface area (TPSA) is 49.4 Å². The molecule has 1 aromatic carbocycles. The van der Waals surface area contributed by atoms with Crippen molar-refractivity contribution in [3.05, 3.63) is 49.6 Å². The van der Waals surface area contributed by atoms with Crippen LogP contribution < -0.4 is 5.32 Å². The van der Waals surface area contributed by atoms with Crippen molar-refractivity contribution in [1.29, 1.82) is 0 Å². The summed E-state index contributed by atoms with van der Waals surface area (Å²) in [6, 6.07) is 5.82. The highest BCUT2D eigenvalue weighted by molar-refractivity contribution is 9.11. The number of hydrogen-bond acceptors (Lipinski definition) is 3. The first-order valence-electron chi connectivity index (χ1n) is 7.15. The van der Waals surface area contributed by atoms with Gasteiger partial charge in [0.05, 0.1) is 15.9 Å². The zero-order valence-electron chi connectivity index (χ0n) is 13.6. The normalized spacial score (nSPS) is 10.5. The van der Waals surface area contributed by atoms with Gasteiger partial charge in [0.15, 0.2) is 0 Å².